The highest BCUT2D eigenvalue weighted by Gasteiger charge is 2.07. The van der Waals surface area contributed by atoms with Crippen LogP contribution in [0.15, 0.2) is 30.3 Å². The first-order valence-electron chi connectivity index (χ1n) is 7.53. The van der Waals surface area contributed by atoms with Gasteiger partial charge >= 0.3 is 0 Å². The van der Waals surface area contributed by atoms with E-state index in [4.69, 9.17) is 0 Å². The summed E-state index contributed by atoms with van der Waals surface area (Å²) in [6.45, 7) is 6.89. The lowest BCUT2D eigenvalue weighted by molar-refractivity contribution is 0.0953. The summed E-state index contributed by atoms with van der Waals surface area (Å²) in [7, 11) is 0. The maximum Gasteiger partial charge on any atom is 0.251 e. The van der Waals surface area contributed by atoms with Crippen LogP contribution in [0.1, 0.15) is 47.9 Å². The smallest absolute Gasteiger partial charge is 0.251 e. The molecule has 21 heavy (non-hydrogen) atoms. The van der Waals surface area contributed by atoms with Crippen molar-refractivity contribution in [1.29, 1.82) is 0 Å². The van der Waals surface area contributed by atoms with Crippen molar-refractivity contribution < 1.29 is 4.79 Å². The molecular weight excluding hydrogens is 262 g/mol. The van der Waals surface area contributed by atoms with Gasteiger partial charge in [-0.25, -0.2) is 4.68 Å². The fraction of sp³-hybridized carbons (Fsp3) is 0.412. The van der Waals surface area contributed by atoms with Crippen LogP contribution >= 0.6 is 0 Å². The van der Waals surface area contributed by atoms with Crippen LogP contribution in [-0.4, -0.2) is 22.2 Å². The summed E-state index contributed by atoms with van der Waals surface area (Å²) in [6, 6.07) is 9.59. The molecule has 0 radical (unpaired) electrons. The van der Waals surface area contributed by atoms with Crippen molar-refractivity contribution in [2.75, 3.05) is 6.54 Å². The van der Waals surface area contributed by atoms with Crippen molar-refractivity contribution in [2.45, 2.75) is 40.0 Å². The SMILES string of the molecule is CCCCCNC(=O)c1ccc(-n2nc(C)cc2C)cc1. The third kappa shape index (κ3) is 3.94. The number of unbranched alkanes of at least 4 members (excludes halogenated alkanes) is 2. The maximum absolute atomic E-state index is 12.0. The minimum Gasteiger partial charge on any atom is -0.352 e. The summed E-state index contributed by atoms with van der Waals surface area (Å²) in [5.41, 5.74) is 3.74. The number of carbonyl (C=O) groups is 1. The van der Waals surface area contributed by atoms with Gasteiger partial charge in [-0.2, -0.15) is 5.10 Å². The molecule has 1 aromatic carbocycles. The van der Waals surface area contributed by atoms with E-state index in [0.29, 0.717) is 5.56 Å². The van der Waals surface area contributed by atoms with Crippen LogP contribution in [0.3, 0.4) is 0 Å². The first-order valence-corrected chi connectivity index (χ1v) is 7.53. The summed E-state index contributed by atoms with van der Waals surface area (Å²) in [4.78, 5) is 12.0. The topological polar surface area (TPSA) is 46.9 Å². The lowest BCUT2D eigenvalue weighted by Crippen LogP contribution is -2.24. The maximum atomic E-state index is 12.0. The van der Waals surface area contributed by atoms with Crippen molar-refractivity contribution in [3.63, 3.8) is 0 Å². The number of benzene rings is 1. The van der Waals surface area contributed by atoms with Gasteiger partial charge in [-0.1, -0.05) is 19.8 Å². The number of hydrogen-bond donors (Lipinski definition) is 1. The molecule has 0 bridgehead atoms. The van der Waals surface area contributed by atoms with Gasteiger partial charge in [0.05, 0.1) is 11.4 Å². The van der Waals surface area contributed by atoms with E-state index in [1.54, 1.807) is 0 Å². The van der Waals surface area contributed by atoms with Crippen LogP contribution < -0.4 is 5.32 Å². The molecule has 0 unspecified atom stereocenters. The van der Waals surface area contributed by atoms with E-state index >= 15 is 0 Å². The molecule has 0 aliphatic rings. The summed E-state index contributed by atoms with van der Waals surface area (Å²) in [5, 5.41) is 7.39. The number of aryl methyl sites for hydroxylation is 2. The first-order chi connectivity index (χ1) is 10.1. The molecule has 4 nitrogen and oxygen atoms in total. The largest absolute Gasteiger partial charge is 0.352 e. The number of rotatable bonds is 6. The zero-order valence-electron chi connectivity index (χ0n) is 13.0. The second-order valence-electron chi connectivity index (χ2n) is 5.35. The van der Waals surface area contributed by atoms with Crippen LogP contribution in [0.4, 0.5) is 0 Å². The number of nitrogens with zero attached hydrogens (tertiary/aromatic N) is 2. The molecule has 1 amide bonds. The van der Waals surface area contributed by atoms with Crippen molar-refractivity contribution >= 4 is 5.91 Å². The van der Waals surface area contributed by atoms with E-state index in [0.717, 1.165) is 42.9 Å². The van der Waals surface area contributed by atoms with Gasteiger partial charge in [-0.15, -0.1) is 0 Å². The zero-order valence-corrected chi connectivity index (χ0v) is 13.0. The van der Waals surface area contributed by atoms with Crippen LogP contribution in [0.5, 0.6) is 0 Å². The average molecular weight is 285 g/mol. The molecular formula is C17H23N3O. The van der Waals surface area contributed by atoms with E-state index in [9.17, 15) is 4.79 Å². The summed E-state index contributed by atoms with van der Waals surface area (Å²) >= 11 is 0. The lowest BCUT2D eigenvalue weighted by atomic mass is 10.2. The second kappa shape index (κ2) is 7.07. The minimum atomic E-state index is -0.00831. The Bertz CT molecular complexity index is 599. The van der Waals surface area contributed by atoms with Gasteiger partial charge in [0.15, 0.2) is 0 Å². The molecule has 0 saturated carbocycles. The third-order valence-corrected chi connectivity index (χ3v) is 3.45. The van der Waals surface area contributed by atoms with E-state index in [-0.39, 0.29) is 5.91 Å². The number of aromatic nitrogens is 2. The van der Waals surface area contributed by atoms with Gasteiger partial charge in [0.25, 0.3) is 5.91 Å². The molecule has 2 rings (SSSR count). The molecule has 0 aliphatic carbocycles. The van der Waals surface area contributed by atoms with E-state index in [1.165, 1.54) is 0 Å². The quantitative estimate of drug-likeness (QED) is 0.827. The summed E-state index contributed by atoms with van der Waals surface area (Å²) < 4.78 is 1.89. The monoisotopic (exact) mass is 285 g/mol. The molecule has 0 saturated heterocycles. The molecule has 2 aromatic rings. The third-order valence-electron chi connectivity index (χ3n) is 3.45. The standard InChI is InChI=1S/C17H23N3O/c1-4-5-6-11-18-17(21)15-7-9-16(10-8-15)20-14(3)12-13(2)19-20/h7-10,12H,4-6,11H2,1-3H3,(H,18,21). The van der Waals surface area contributed by atoms with Crippen LogP contribution in [0.25, 0.3) is 5.69 Å². The molecule has 4 heteroatoms. The Hall–Kier alpha value is -2.10. The second-order valence-corrected chi connectivity index (χ2v) is 5.35. The Labute approximate surface area is 126 Å². The van der Waals surface area contributed by atoms with Gasteiger partial charge in [-0.3, -0.25) is 4.79 Å². The van der Waals surface area contributed by atoms with Gasteiger partial charge in [-0.05, 0) is 50.6 Å². The highest BCUT2D eigenvalue weighted by atomic mass is 16.1. The van der Waals surface area contributed by atoms with Crippen LogP contribution in [0.2, 0.25) is 0 Å². The van der Waals surface area contributed by atoms with Gasteiger partial charge in [0.2, 0.25) is 0 Å². The number of carbonyl (C=O) groups excluding carboxylic acids is 1. The highest BCUT2D eigenvalue weighted by Crippen LogP contribution is 2.13. The molecule has 1 N–H and O–H groups in total. The Kier molecular flexibility index (Phi) is 5.14. The predicted octanol–water partition coefficient (Wildman–Crippen LogP) is 3.41. The normalized spacial score (nSPS) is 10.6. The van der Waals surface area contributed by atoms with Gasteiger partial charge < -0.3 is 5.32 Å². The van der Waals surface area contributed by atoms with Crippen molar-refractivity contribution in [3.05, 3.63) is 47.3 Å². The lowest BCUT2D eigenvalue weighted by Gasteiger charge is -2.07. The fourth-order valence-corrected chi connectivity index (χ4v) is 2.32. The van der Waals surface area contributed by atoms with Crippen LogP contribution in [0, 0.1) is 13.8 Å². The molecule has 112 valence electrons. The Morgan fingerprint density at radius 1 is 1.19 bits per heavy atom. The fourth-order valence-electron chi connectivity index (χ4n) is 2.32. The highest BCUT2D eigenvalue weighted by molar-refractivity contribution is 5.94. The minimum absolute atomic E-state index is 0.00831. The summed E-state index contributed by atoms with van der Waals surface area (Å²) in [5.74, 6) is -0.00831. The van der Waals surface area contributed by atoms with E-state index in [2.05, 4.69) is 17.3 Å². The molecule has 1 heterocycles. The Morgan fingerprint density at radius 2 is 1.90 bits per heavy atom. The summed E-state index contributed by atoms with van der Waals surface area (Å²) in [6.07, 6.45) is 3.34. The van der Waals surface area contributed by atoms with Crippen molar-refractivity contribution in [3.8, 4) is 5.69 Å². The predicted molar refractivity (Wildman–Crippen MR) is 84.9 cm³/mol. The number of nitrogens with one attached hydrogen (secondary N) is 1. The van der Waals surface area contributed by atoms with Gasteiger partial charge in [0, 0.05) is 17.8 Å². The van der Waals surface area contributed by atoms with Gasteiger partial charge in [0.1, 0.15) is 0 Å². The zero-order chi connectivity index (χ0) is 15.2. The number of hydrogen-bond acceptors (Lipinski definition) is 2. The Morgan fingerprint density at radius 3 is 2.48 bits per heavy atom. The first kappa shape index (κ1) is 15.3. The number of amides is 1. The molecule has 1 aromatic heterocycles. The van der Waals surface area contributed by atoms with Crippen LogP contribution in [-0.2, 0) is 0 Å². The molecule has 0 aliphatic heterocycles. The molecule has 0 spiro atoms. The molecule has 0 fully saturated rings. The van der Waals surface area contributed by atoms with Crippen molar-refractivity contribution in [2.24, 2.45) is 0 Å². The average Bonchev–Trinajstić information content (AvgIpc) is 2.82. The van der Waals surface area contributed by atoms with E-state index in [1.807, 2.05) is 48.9 Å². The Balaban J connectivity index is 2.02. The molecule has 0 atom stereocenters. The van der Waals surface area contributed by atoms with E-state index < -0.39 is 0 Å². The van der Waals surface area contributed by atoms with Crippen molar-refractivity contribution in [1.82, 2.24) is 15.1 Å².